The fourth-order valence-electron chi connectivity index (χ4n) is 4.66. The van der Waals surface area contributed by atoms with Crippen LogP contribution in [0.1, 0.15) is 59.5 Å². The van der Waals surface area contributed by atoms with Crippen molar-refractivity contribution in [3.05, 3.63) is 83.6 Å². The maximum absolute atomic E-state index is 12.9. The molecule has 0 aliphatic heterocycles. The monoisotopic (exact) mass is 499 g/mol. The van der Waals surface area contributed by atoms with Gasteiger partial charge in [0.05, 0.1) is 23.9 Å². The number of rotatable bonds is 7. The normalized spacial score (nSPS) is 15.5. The zero-order valence-electron chi connectivity index (χ0n) is 19.6. The molecule has 0 radical (unpaired) electrons. The molecule has 3 aromatic rings. The molecular weight excluding hydrogens is 471 g/mol. The smallest absolute Gasteiger partial charge is 0.416 e. The predicted octanol–water partition coefficient (Wildman–Crippen LogP) is 8.01. The van der Waals surface area contributed by atoms with Gasteiger partial charge in [-0.25, -0.2) is 4.79 Å². The van der Waals surface area contributed by atoms with Gasteiger partial charge in [0.2, 0.25) is 0 Å². The molecule has 1 aromatic heterocycles. The van der Waals surface area contributed by atoms with Crippen LogP contribution in [-0.4, -0.2) is 23.8 Å². The van der Waals surface area contributed by atoms with Crippen LogP contribution in [0, 0.1) is 5.92 Å². The second kappa shape index (κ2) is 11.3. The van der Waals surface area contributed by atoms with Crippen LogP contribution in [0.2, 0.25) is 0 Å². The summed E-state index contributed by atoms with van der Waals surface area (Å²) in [6.45, 7) is 0. The van der Waals surface area contributed by atoms with E-state index < -0.39 is 11.7 Å². The van der Waals surface area contributed by atoms with Gasteiger partial charge in [0.15, 0.2) is 0 Å². The Hall–Kier alpha value is -2.80. The van der Waals surface area contributed by atoms with Gasteiger partial charge in [0, 0.05) is 22.4 Å². The topological polar surface area (TPSA) is 39.2 Å². The molecule has 1 unspecified atom stereocenters. The lowest BCUT2D eigenvalue weighted by Crippen LogP contribution is -2.18. The Balaban J connectivity index is 1.50. The second-order valence-electron chi connectivity index (χ2n) is 8.88. The Morgan fingerprint density at radius 1 is 1.00 bits per heavy atom. The standard InChI is InChI=1S/C28H28F3NO2S/c1-34-27(33)21-9-14-24(15-10-21)35-18-25(19-5-3-2-4-6-19)22-11-16-26(32-17-22)20-7-12-23(13-8-20)28(29,30)31/h7-17,19,25H,2-6,18H2,1H3. The summed E-state index contributed by atoms with van der Waals surface area (Å²) in [5, 5.41) is 0. The van der Waals surface area contributed by atoms with Crippen molar-refractivity contribution in [2.45, 2.75) is 49.1 Å². The molecule has 1 aliphatic rings. The number of ether oxygens (including phenoxy) is 1. The van der Waals surface area contributed by atoms with Crippen molar-refractivity contribution in [1.82, 2.24) is 4.98 Å². The fourth-order valence-corrected chi connectivity index (χ4v) is 5.82. The molecule has 184 valence electrons. The van der Waals surface area contributed by atoms with Crippen LogP contribution in [0.4, 0.5) is 13.2 Å². The number of alkyl halides is 3. The molecule has 0 spiro atoms. The number of methoxy groups -OCH3 is 1. The Kier molecular flexibility index (Phi) is 8.16. The number of carbonyl (C=O) groups is 1. The molecule has 1 saturated carbocycles. The van der Waals surface area contributed by atoms with Crippen molar-refractivity contribution in [3.8, 4) is 11.3 Å². The van der Waals surface area contributed by atoms with Crippen LogP contribution >= 0.6 is 11.8 Å². The van der Waals surface area contributed by atoms with Crippen LogP contribution in [-0.2, 0) is 10.9 Å². The quantitative estimate of drug-likeness (QED) is 0.244. The van der Waals surface area contributed by atoms with Gasteiger partial charge in [-0.05, 0) is 72.7 Å². The molecule has 3 nitrogen and oxygen atoms in total. The molecule has 1 heterocycles. The summed E-state index contributed by atoms with van der Waals surface area (Å²) in [4.78, 5) is 17.4. The van der Waals surface area contributed by atoms with Crippen LogP contribution in [0.5, 0.6) is 0 Å². The van der Waals surface area contributed by atoms with E-state index in [2.05, 4.69) is 11.1 Å². The van der Waals surface area contributed by atoms with Crippen molar-refractivity contribution in [1.29, 1.82) is 0 Å². The second-order valence-corrected chi connectivity index (χ2v) is 9.98. The third kappa shape index (κ3) is 6.45. The summed E-state index contributed by atoms with van der Waals surface area (Å²) in [5.41, 5.74) is 2.36. The first-order valence-electron chi connectivity index (χ1n) is 11.8. The summed E-state index contributed by atoms with van der Waals surface area (Å²) in [5.74, 6) is 1.45. The Labute approximate surface area is 208 Å². The first kappa shape index (κ1) is 25.3. The Morgan fingerprint density at radius 2 is 1.69 bits per heavy atom. The fraction of sp³-hybridized carbons (Fsp3) is 0.357. The van der Waals surface area contributed by atoms with E-state index in [1.165, 1.54) is 51.3 Å². The summed E-state index contributed by atoms with van der Waals surface area (Å²) < 4.78 is 43.4. The summed E-state index contributed by atoms with van der Waals surface area (Å²) in [7, 11) is 1.37. The molecule has 0 amide bonds. The molecule has 0 bridgehead atoms. The van der Waals surface area contributed by atoms with Crippen LogP contribution in [0.15, 0.2) is 71.8 Å². The van der Waals surface area contributed by atoms with Gasteiger partial charge in [-0.3, -0.25) is 4.98 Å². The number of hydrogen-bond donors (Lipinski definition) is 0. The highest BCUT2D eigenvalue weighted by Gasteiger charge is 2.30. The van der Waals surface area contributed by atoms with Crippen molar-refractivity contribution in [3.63, 3.8) is 0 Å². The van der Waals surface area contributed by atoms with Crippen molar-refractivity contribution in [2.75, 3.05) is 12.9 Å². The molecule has 1 atom stereocenters. The highest BCUT2D eigenvalue weighted by atomic mass is 32.2. The van der Waals surface area contributed by atoms with Gasteiger partial charge in [-0.1, -0.05) is 37.5 Å². The number of halogens is 3. The van der Waals surface area contributed by atoms with Crippen molar-refractivity contribution >= 4 is 17.7 Å². The maximum atomic E-state index is 12.9. The van der Waals surface area contributed by atoms with Gasteiger partial charge < -0.3 is 4.74 Å². The number of carbonyl (C=O) groups excluding carboxylic acids is 1. The summed E-state index contributed by atoms with van der Waals surface area (Å²) in [6.07, 6.45) is 3.65. The number of pyridine rings is 1. The number of hydrogen-bond acceptors (Lipinski definition) is 4. The van der Waals surface area contributed by atoms with Crippen LogP contribution in [0.25, 0.3) is 11.3 Å². The molecule has 2 aromatic carbocycles. The predicted molar refractivity (Wildman–Crippen MR) is 132 cm³/mol. The van der Waals surface area contributed by atoms with E-state index in [0.29, 0.717) is 28.7 Å². The molecule has 7 heteroatoms. The molecular formula is C28H28F3NO2S. The lowest BCUT2D eigenvalue weighted by Gasteiger charge is -2.30. The minimum Gasteiger partial charge on any atom is -0.465 e. The molecule has 4 rings (SSSR count). The molecule has 0 N–H and O–H groups in total. The Morgan fingerprint density at radius 3 is 2.26 bits per heavy atom. The largest absolute Gasteiger partial charge is 0.465 e. The zero-order chi connectivity index (χ0) is 24.8. The van der Waals surface area contributed by atoms with Gasteiger partial charge in [-0.2, -0.15) is 13.2 Å². The van der Waals surface area contributed by atoms with E-state index in [1.54, 1.807) is 23.9 Å². The lowest BCUT2D eigenvalue weighted by molar-refractivity contribution is -0.137. The number of benzene rings is 2. The molecule has 0 saturated heterocycles. The average Bonchev–Trinajstić information content (AvgIpc) is 2.89. The van der Waals surface area contributed by atoms with Crippen LogP contribution in [0.3, 0.4) is 0 Å². The van der Waals surface area contributed by atoms with Gasteiger partial charge in [0.1, 0.15) is 0 Å². The summed E-state index contributed by atoms with van der Waals surface area (Å²) >= 11 is 1.76. The number of esters is 1. The van der Waals surface area contributed by atoms with Crippen molar-refractivity contribution in [2.24, 2.45) is 5.92 Å². The van der Waals surface area contributed by atoms with E-state index in [1.807, 2.05) is 24.4 Å². The van der Waals surface area contributed by atoms with Gasteiger partial charge >= 0.3 is 12.1 Å². The van der Waals surface area contributed by atoms with Crippen molar-refractivity contribution < 1.29 is 22.7 Å². The molecule has 1 fully saturated rings. The number of thioether (sulfide) groups is 1. The zero-order valence-corrected chi connectivity index (χ0v) is 20.4. The maximum Gasteiger partial charge on any atom is 0.416 e. The lowest BCUT2D eigenvalue weighted by atomic mass is 9.78. The van der Waals surface area contributed by atoms with E-state index >= 15 is 0 Å². The Bertz CT molecular complexity index is 1110. The first-order chi connectivity index (χ1) is 16.8. The third-order valence-electron chi connectivity index (χ3n) is 6.65. The highest BCUT2D eigenvalue weighted by Crippen LogP contribution is 2.40. The minimum atomic E-state index is -4.35. The molecule has 35 heavy (non-hydrogen) atoms. The third-order valence-corrected chi connectivity index (χ3v) is 7.78. The SMILES string of the molecule is COC(=O)c1ccc(SCC(c2ccc(-c3ccc(C(F)(F)F)cc3)nc2)C2CCCCC2)cc1. The minimum absolute atomic E-state index is 0.328. The summed E-state index contributed by atoms with van der Waals surface area (Å²) in [6, 6.07) is 16.6. The number of aromatic nitrogens is 1. The molecule has 1 aliphatic carbocycles. The number of nitrogens with zero attached hydrogens (tertiary/aromatic N) is 1. The van der Waals surface area contributed by atoms with E-state index in [4.69, 9.17) is 4.74 Å². The van der Waals surface area contributed by atoms with E-state index in [-0.39, 0.29) is 5.97 Å². The van der Waals surface area contributed by atoms with E-state index in [9.17, 15) is 18.0 Å². The van der Waals surface area contributed by atoms with Gasteiger partial charge in [0.25, 0.3) is 0 Å². The first-order valence-corrected chi connectivity index (χ1v) is 12.8. The average molecular weight is 500 g/mol. The van der Waals surface area contributed by atoms with Gasteiger partial charge in [-0.15, -0.1) is 11.8 Å². The van der Waals surface area contributed by atoms with Crippen LogP contribution < -0.4 is 0 Å². The van der Waals surface area contributed by atoms with E-state index in [0.717, 1.165) is 28.3 Å². The highest BCUT2D eigenvalue weighted by molar-refractivity contribution is 7.99.